The number of hydrogen-bond donors (Lipinski definition) is 1. The molecule has 0 radical (unpaired) electrons. The largest absolute Gasteiger partial charge is 0.416 e. The van der Waals surface area contributed by atoms with Gasteiger partial charge in [0.25, 0.3) is 0 Å². The highest BCUT2D eigenvalue weighted by Gasteiger charge is 2.34. The molecule has 0 aromatic heterocycles. The molecule has 1 atom stereocenters. The number of halogens is 4. The van der Waals surface area contributed by atoms with Crippen LogP contribution in [0.2, 0.25) is 0 Å². The quantitative estimate of drug-likeness (QED) is 0.800. The van der Waals surface area contributed by atoms with Crippen molar-refractivity contribution >= 4 is 21.6 Å². The second kappa shape index (κ2) is 6.98. The second-order valence-electron chi connectivity index (χ2n) is 4.62. The molecule has 0 saturated heterocycles. The molecular formula is C13H17ClF3NO2S. The average Bonchev–Trinajstić information content (AvgIpc) is 2.36. The van der Waals surface area contributed by atoms with Gasteiger partial charge in [0.05, 0.1) is 10.5 Å². The van der Waals surface area contributed by atoms with Crippen LogP contribution in [0.25, 0.3) is 0 Å². The molecule has 0 aliphatic heterocycles. The summed E-state index contributed by atoms with van der Waals surface area (Å²) >= 11 is 5.87. The molecule has 0 aliphatic carbocycles. The van der Waals surface area contributed by atoms with Crippen LogP contribution < -0.4 is 4.72 Å². The summed E-state index contributed by atoms with van der Waals surface area (Å²) in [6.45, 7) is 3.09. The molecule has 1 rings (SSSR count). The minimum atomic E-state index is -4.58. The molecule has 0 heterocycles. The van der Waals surface area contributed by atoms with E-state index in [1.807, 2.05) is 6.92 Å². The van der Waals surface area contributed by atoms with Gasteiger partial charge in [-0.15, -0.1) is 11.6 Å². The molecule has 0 fully saturated rings. The van der Waals surface area contributed by atoms with Crippen LogP contribution >= 0.6 is 11.6 Å². The van der Waals surface area contributed by atoms with Gasteiger partial charge in [-0.25, -0.2) is 13.1 Å². The maximum absolute atomic E-state index is 12.8. The van der Waals surface area contributed by atoms with E-state index in [0.717, 1.165) is 25.1 Å². The van der Waals surface area contributed by atoms with Crippen LogP contribution in [0, 0.1) is 6.92 Å². The molecule has 8 heteroatoms. The van der Waals surface area contributed by atoms with Gasteiger partial charge in [0, 0.05) is 11.9 Å². The maximum atomic E-state index is 12.8. The second-order valence-corrected chi connectivity index (χ2v) is 6.97. The number of benzene rings is 1. The lowest BCUT2D eigenvalue weighted by Crippen LogP contribution is -2.27. The molecule has 1 aromatic carbocycles. The predicted octanol–water partition coefficient (Wildman–Crippen LogP) is 3.70. The van der Waals surface area contributed by atoms with E-state index in [1.54, 1.807) is 0 Å². The third-order valence-electron chi connectivity index (χ3n) is 3.07. The molecule has 0 amide bonds. The molecular weight excluding hydrogens is 327 g/mol. The zero-order chi connectivity index (χ0) is 16.3. The Morgan fingerprint density at radius 3 is 2.48 bits per heavy atom. The Bertz CT molecular complexity index is 588. The van der Waals surface area contributed by atoms with E-state index in [4.69, 9.17) is 11.6 Å². The van der Waals surface area contributed by atoms with E-state index in [0.29, 0.717) is 12.8 Å². The summed E-state index contributed by atoms with van der Waals surface area (Å²) in [7, 11) is -3.99. The van der Waals surface area contributed by atoms with Gasteiger partial charge in [0.2, 0.25) is 10.0 Å². The van der Waals surface area contributed by atoms with Crippen LogP contribution in [-0.4, -0.2) is 20.3 Å². The van der Waals surface area contributed by atoms with Crippen molar-refractivity contribution in [3.8, 4) is 0 Å². The Hall–Kier alpha value is -0.790. The van der Waals surface area contributed by atoms with E-state index in [9.17, 15) is 21.6 Å². The zero-order valence-corrected chi connectivity index (χ0v) is 13.2. The van der Waals surface area contributed by atoms with Crippen LogP contribution in [0.3, 0.4) is 0 Å². The lowest BCUT2D eigenvalue weighted by atomic mass is 10.1. The molecule has 0 bridgehead atoms. The summed E-state index contributed by atoms with van der Waals surface area (Å²) in [5, 5.41) is -0.171. The van der Waals surface area contributed by atoms with Crippen LogP contribution in [0.5, 0.6) is 0 Å². The van der Waals surface area contributed by atoms with Gasteiger partial charge in [-0.2, -0.15) is 13.2 Å². The fourth-order valence-corrected chi connectivity index (χ4v) is 3.27. The van der Waals surface area contributed by atoms with Crippen molar-refractivity contribution in [2.45, 2.75) is 43.1 Å². The highest BCUT2D eigenvalue weighted by molar-refractivity contribution is 7.89. The molecule has 0 aliphatic rings. The minimum Gasteiger partial charge on any atom is -0.211 e. The van der Waals surface area contributed by atoms with E-state index in [2.05, 4.69) is 4.72 Å². The van der Waals surface area contributed by atoms with Crippen molar-refractivity contribution in [3.05, 3.63) is 29.3 Å². The molecule has 21 heavy (non-hydrogen) atoms. The average molecular weight is 344 g/mol. The van der Waals surface area contributed by atoms with Crippen LogP contribution in [-0.2, 0) is 16.2 Å². The van der Waals surface area contributed by atoms with Crippen LogP contribution in [0.15, 0.2) is 23.1 Å². The number of rotatable bonds is 6. The Morgan fingerprint density at radius 1 is 1.33 bits per heavy atom. The maximum Gasteiger partial charge on any atom is 0.416 e. The summed E-state index contributed by atoms with van der Waals surface area (Å²) in [5.41, 5.74) is -1.26. The van der Waals surface area contributed by atoms with E-state index < -0.39 is 21.8 Å². The Kier molecular flexibility index (Phi) is 6.07. The van der Waals surface area contributed by atoms with E-state index in [-0.39, 0.29) is 22.4 Å². The third kappa shape index (κ3) is 4.86. The van der Waals surface area contributed by atoms with Gasteiger partial charge >= 0.3 is 6.18 Å². The molecule has 1 unspecified atom stereocenters. The number of hydrogen-bond acceptors (Lipinski definition) is 2. The summed E-state index contributed by atoms with van der Waals surface area (Å²) in [6, 6.07) is 3.10. The Morgan fingerprint density at radius 2 is 1.95 bits per heavy atom. The molecule has 3 nitrogen and oxygen atoms in total. The van der Waals surface area contributed by atoms with Crippen molar-refractivity contribution < 1.29 is 21.6 Å². The minimum absolute atomic E-state index is 0.0834. The Balaban J connectivity index is 2.99. The van der Waals surface area contributed by atoms with Crippen LogP contribution in [0.4, 0.5) is 13.2 Å². The number of alkyl halides is 4. The summed E-state index contributed by atoms with van der Waals surface area (Å²) in [6.07, 6.45) is -3.49. The van der Waals surface area contributed by atoms with Crippen molar-refractivity contribution in [1.82, 2.24) is 4.72 Å². The molecule has 0 saturated carbocycles. The first-order chi connectivity index (χ1) is 9.59. The topological polar surface area (TPSA) is 46.2 Å². The van der Waals surface area contributed by atoms with E-state index in [1.165, 1.54) is 0 Å². The fourth-order valence-electron chi connectivity index (χ4n) is 1.84. The van der Waals surface area contributed by atoms with E-state index >= 15 is 0 Å². The summed E-state index contributed by atoms with van der Waals surface area (Å²) in [4.78, 5) is -0.361. The lowest BCUT2D eigenvalue weighted by molar-refractivity contribution is -0.138. The van der Waals surface area contributed by atoms with Crippen molar-refractivity contribution in [2.75, 3.05) is 6.54 Å². The molecule has 1 N–H and O–H groups in total. The number of nitrogens with one attached hydrogen (secondary N) is 1. The van der Waals surface area contributed by atoms with Crippen molar-refractivity contribution in [1.29, 1.82) is 0 Å². The molecule has 120 valence electrons. The standard InChI is InChI=1S/C13H17ClF3NO2S/c1-3-10(14)7-8-18-21(19,20)12-6-4-5-11(9(12)2)13(15,16)17/h4-6,10,18H,3,7-8H2,1-2H3. The SMILES string of the molecule is CCC(Cl)CCNS(=O)(=O)c1cccc(C(F)(F)F)c1C. The summed E-state index contributed by atoms with van der Waals surface area (Å²) < 4.78 is 64.8. The fraction of sp³-hybridized carbons (Fsp3) is 0.538. The third-order valence-corrected chi connectivity index (χ3v) is 5.20. The monoisotopic (exact) mass is 343 g/mol. The first kappa shape index (κ1) is 18.3. The van der Waals surface area contributed by atoms with Crippen LogP contribution in [0.1, 0.15) is 30.9 Å². The zero-order valence-electron chi connectivity index (χ0n) is 11.7. The van der Waals surface area contributed by atoms with Crippen molar-refractivity contribution in [3.63, 3.8) is 0 Å². The highest BCUT2D eigenvalue weighted by Crippen LogP contribution is 2.34. The van der Waals surface area contributed by atoms with Gasteiger partial charge in [0.1, 0.15) is 0 Å². The normalized spacial score (nSPS) is 14.2. The predicted molar refractivity (Wildman–Crippen MR) is 75.9 cm³/mol. The smallest absolute Gasteiger partial charge is 0.211 e. The van der Waals surface area contributed by atoms with Crippen molar-refractivity contribution in [2.24, 2.45) is 0 Å². The lowest BCUT2D eigenvalue weighted by Gasteiger charge is -2.15. The first-order valence-electron chi connectivity index (χ1n) is 6.40. The van der Waals surface area contributed by atoms with Gasteiger partial charge < -0.3 is 0 Å². The van der Waals surface area contributed by atoms with Gasteiger partial charge in [-0.05, 0) is 37.5 Å². The number of sulfonamides is 1. The molecule has 0 spiro atoms. The molecule has 1 aromatic rings. The van der Waals surface area contributed by atoms with Gasteiger partial charge in [0.15, 0.2) is 0 Å². The highest BCUT2D eigenvalue weighted by atomic mass is 35.5. The van der Waals surface area contributed by atoms with Gasteiger partial charge in [-0.3, -0.25) is 0 Å². The summed E-state index contributed by atoms with van der Waals surface area (Å²) in [5.74, 6) is 0. The first-order valence-corrected chi connectivity index (χ1v) is 8.32. The Labute approximate surface area is 127 Å². The van der Waals surface area contributed by atoms with Gasteiger partial charge in [-0.1, -0.05) is 13.0 Å².